The summed E-state index contributed by atoms with van der Waals surface area (Å²) in [5.41, 5.74) is 2.50. The number of anilines is 1. The minimum absolute atomic E-state index is 0.0666. The number of nitrogens with one attached hydrogen (secondary N) is 1. The Morgan fingerprint density at radius 3 is 2.11 bits per heavy atom. The largest absolute Gasteiger partial charge is 0.478 e. The van der Waals surface area contributed by atoms with E-state index in [4.69, 9.17) is 0 Å². The smallest absolute Gasteiger partial charge is 0.337 e. The molecule has 0 unspecified atom stereocenters. The van der Waals surface area contributed by atoms with Gasteiger partial charge in [0.25, 0.3) is 0 Å². The Morgan fingerprint density at radius 2 is 1.48 bits per heavy atom. The average molecular weight is 381 g/mol. The van der Waals surface area contributed by atoms with E-state index in [1.54, 1.807) is 12.1 Å². The molecule has 0 radical (unpaired) electrons. The van der Waals surface area contributed by atoms with Gasteiger partial charge in [-0.05, 0) is 35.2 Å². The summed E-state index contributed by atoms with van der Waals surface area (Å²) >= 11 is 0. The van der Waals surface area contributed by atoms with Crippen LogP contribution in [-0.2, 0) is 16.4 Å². The first-order chi connectivity index (χ1) is 12.9. The molecule has 0 fully saturated rings. The fraction of sp³-hybridized carbons (Fsp3) is 0.0952. The van der Waals surface area contributed by atoms with Gasteiger partial charge in [-0.25, -0.2) is 13.2 Å². The van der Waals surface area contributed by atoms with E-state index in [9.17, 15) is 18.3 Å². The lowest BCUT2D eigenvalue weighted by Gasteiger charge is -2.13. The molecule has 3 aromatic rings. The van der Waals surface area contributed by atoms with Gasteiger partial charge in [0.2, 0.25) is 10.0 Å². The Balaban J connectivity index is 1.86. The van der Waals surface area contributed by atoms with Gasteiger partial charge in [0.05, 0.1) is 17.0 Å². The molecular weight excluding hydrogens is 362 g/mol. The van der Waals surface area contributed by atoms with Crippen molar-refractivity contribution >= 4 is 21.7 Å². The lowest BCUT2D eigenvalue weighted by molar-refractivity contribution is 0.0698. The molecule has 0 aliphatic rings. The summed E-state index contributed by atoms with van der Waals surface area (Å²) in [6.45, 7) is 0. The molecular formula is C21H19NO4S. The molecule has 3 rings (SSSR count). The van der Waals surface area contributed by atoms with Gasteiger partial charge in [0, 0.05) is 0 Å². The predicted octanol–water partition coefficient (Wildman–Crippen LogP) is 4.04. The van der Waals surface area contributed by atoms with Crippen molar-refractivity contribution in [1.82, 2.24) is 0 Å². The van der Waals surface area contributed by atoms with Gasteiger partial charge in [-0.1, -0.05) is 66.7 Å². The molecule has 138 valence electrons. The SMILES string of the molecule is O=C(O)c1ccc(-c2ccccc2)cc1NS(=O)(=O)CCc1ccccc1. The first kappa shape index (κ1) is 18.7. The molecule has 0 atom stereocenters. The first-order valence-corrected chi connectivity index (χ1v) is 10.1. The highest BCUT2D eigenvalue weighted by Gasteiger charge is 2.17. The van der Waals surface area contributed by atoms with Gasteiger partial charge in [-0.2, -0.15) is 0 Å². The summed E-state index contributed by atoms with van der Waals surface area (Å²) in [6.07, 6.45) is 0.344. The summed E-state index contributed by atoms with van der Waals surface area (Å²) in [6, 6.07) is 23.3. The Labute approximate surface area is 158 Å². The zero-order valence-corrected chi connectivity index (χ0v) is 15.3. The molecule has 0 heterocycles. The second-order valence-electron chi connectivity index (χ2n) is 6.09. The number of rotatable bonds is 7. The van der Waals surface area contributed by atoms with Crippen LogP contribution in [0.2, 0.25) is 0 Å². The predicted molar refractivity (Wildman–Crippen MR) is 106 cm³/mol. The van der Waals surface area contributed by atoms with Crippen molar-refractivity contribution in [3.05, 3.63) is 90.0 Å². The van der Waals surface area contributed by atoms with E-state index in [0.29, 0.717) is 6.42 Å². The van der Waals surface area contributed by atoms with E-state index in [0.717, 1.165) is 16.7 Å². The van der Waals surface area contributed by atoms with Crippen LogP contribution in [0, 0.1) is 0 Å². The highest BCUT2D eigenvalue weighted by Crippen LogP contribution is 2.26. The van der Waals surface area contributed by atoms with E-state index in [-0.39, 0.29) is 17.0 Å². The summed E-state index contributed by atoms with van der Waals surface area (Å²) in [5.74, 6) is -1.32. The maximum absolute atomic E-state index is 12.5. The van der Waals surface area contributed by atoms with Crippen LogP contribution in [0.25, 0.3) is 11.1 Å². The third-order valence-electron chi connectivity index (χ3n) is 4.12. The summed E-state index contributed by atoms with van der Waals surface area (Å²) in [4.78, 5) is 11.5. The number of carbonyl (C=O) groups is 1. The van der Waals surface area contributed by atoms with Gasteiger partial charge in [0.15, 0.2) is 0 Å². The van der Waals surface area contributed by atoms with E-state index in [1.165, 1.54) is 6.07 Å². The van der Waals surface area contributed by atoms with Crippen LogP contribution in [-0.4, -0.2) is 25.2 Å². The summed E-state index contributed by atoms with van der Waals surface area (Å²) < 4.78 is 27.4. The number of hydrogen-bond acceptors (Lipinski definition) is 3. The van der Waals surface area contributed by atoms with Crippen molar-refractivity contribution < 1.29 is 18.3 Å². The van der Waals surface area contributed by atoms with Crippen LogP contribution in [0.4, 0.5) is 5.69 Å². The number of carboxylic acid groups (broad SMARTS) is 1. The molecule has 3 aromatic carbocycles. The van der Waals surface area contributed by atoms with Crippen LogP contribution in [0.5, 0.6) is 0 Å². The van der Waals surface area contributed by atoms with Gasteiger partial charge in [-0.3, -0.25) is 4.72 Å². The Kier molecular flexibility index (Phi) is 5.57. The zero-order chi connectivity index (χ0) is 19.3. The molecule has 2 N–H and O–H groups in total. The fourth-order valence-corrected chi connectivity index (χ4v) is 3.85. The van der Waals surface area contributed by atoms with Crippen molar-refractivity contribution in [2.75, 3.05) is 10.5 Å². The van der Waals surface area contributed by atoms with Crippen molar-refractivity contribution in [3.8, 4) is 11.1 Å². The van der Waals surface area contributed by atoms with E-state index >= 15 is 0 Å². The number of sulfonamides is 1. The number of benzene rings is 3. The lowest BCUT2D eigenvalue weighted by atomic mass is 10.0. The zero-order valence-electron chi connectivity index (χ0n) is 14.5. The maximum atomic E-state index is 12.5. The highest BCUT2D eigenvalue weighted by atomic mass is 32.2. The molecule has 0 amide bonds. The quantitative estimate of drug-likeness (QED) is 0.647. The van der Waals surface area contributed by atoms with Crippen LogP contribution in [0.15, 0.2) is 78.9 Å². The van der Waals surface area contributed by atoms with Crippen molar-refractivity contribution in [2.45, 2.75) is 6.42 Å². The molecule has 0 aromatic heterocycles. The van der Waals surface area contributed by atoms with E-state index in [1.807, 2.05) is 60.7 Å². The van der Waals surface area contributed by atoms with Crippen molar-refractivity contribution in [1.29, 1.82) is 0 Å². The number of hydrogen-bond donors (Lipinski definition) is 2. The van der Waals surface area contributed by atoms with Gasteiger partial charge in [-0.15, -0.1) is 0 Å². The van der Waals surface area contributed by atoms with E-state index < -0.39 is 16.0 Å². The monoisotopic (exact) mass is 381 g/mol. The molecule has 0 saturated carbocycles. The molecule has 0 bridgehead atoms. The number of aromatic carboxylic acids is 1. The van der Waals surface area contributed by atoms with Crippen LogP contribution < -0.4 is 4.72 Å². The molecule has 0 saturated heterocycles. The summed E-state index contributed by atoms with van der Waals surface area (Å²) in [5, 5.41) is 9.40. The van der Waals surface area contributed by atoms with Crippen molar-refractivity contribution in [3.63, 3.8) is 0 Å². The molecule has 27 heavy (non-hydrogen) atoms. The Morgan fingerprint density at radius 1 is 0.852 bits per heavy atom. The Bertz CT molecular complexity index is 1030. The van der Waals surface area contributed by atoms with Gasteiger partial charge >= 0.3 is 5.97 Å². The van der Waals surface area contributed by atoms with Crippen LogP contribution >= 0.6 is 0 Å². The average Bonchev–Trinajstić information content (AvgIpc) is 2.67. The molecule has 5 nitrogen and oxygen atoms in total. The fourth-order valence-electron chi connectivity index (χ4n) is 2.74. The Hall–Kier alpha value is -3.12. The second kappa shape index (κ2) is 8.05. The molecule has 0 aliphatic heterocycles. The third kappa shape index (κ3) is 4.95. The van der Waals surface area contributed by atoms with Gasteiger partial charge in [0.1, 0.15) is 0 Å². The third-order valence-corrected chi connectivity index (χ3v) is 5.40. The standard InChI is InChI=1S/C21H19NO4S/c23-21(24)19-12-11-18(17-9-5-2-6-10-17)15-20(19)22-27(25,26)14-13-16-7-3-1-4-8-16/h1-12,15,22H,13-14H2,(H,23,24). The molecule has 6 heteroatoms. The summed E-state index contributed by atoms with van der Waals surface area (Å²) in [7, 11) is -3.70. The lowest BCUT2D eigenvalue weighted by Crippen LogP contribution is -2.20. The maximum Gasteiger partial charge on any atom is 0.337 e. The molecule has 0 spiro atoms. The van der Waals surface area contributed by atoms with Crippen LogP contribution in [0.1, 0.15) is 15.9 Å². The highest BCUT2D eigenvalue weighted by molar-refractivity contribution is 7.92. The number of aryl methyl sites for hydroxylation is 1. The minimum atomic E-state index is -3.70. The van der Waals surface area contributed by atoms with Gasteiger partial charge < -0.3 is 5.11 Å². The number of carboxylic acids is 1. The topological polar surface area (TPSA) is 83.5 Å². The molecule has 0 aliphatic carbocycles. The minimum Gasteiger partial charge on any atom is -0.478 e. The van der Waals surface area contributed by atoms with E-state index in [2.05, 4.69) is 4.72 Å². The second-order valence-corrected chi connectivity index (χ2v) is 7.93. The van der Waals surface area contributed by atoms with Crippen molar-refractivity contribution in [2.24, 2.45) is 0 Å². The first-order valence-electron chi connectivity index (χ1n) is 8.42. The normalized spacial score (nSPS) is 11.1. The van der Waals surface area contributed by atoms with Crippen LogP contribution in [0.3, 0.4) is 0 Å².